The molecule has 8 heteroatoms. The number of furan rings is 1. The van der Waals surface area contributed by atoms with E-state index in [2.05, 4.69) is 22.1 Å². The first-order valence-corrected chi connectivity index (χ1v) is 7.34. The first-order chi connectivity index (χ1) is 12.2. The molecule has 8 nitrogen and oxygen atoms in total. The lowest BCUT2D eigenvalue weighted by atomic mass is 10.0. The van der Waals surface area contributed by atoms with Crippen molar-refractivity contribution in [3.63, 3.8) is 0 Å². The van der Waals surface area contributed by atoms with Gasteiger partial charge in [0.05, 0.1) is 18.3 Å². The molecule has 0 aliphatic carbocycles. The molecule has 1 aromatic carbocycles. The third kappa shape index (κ3) is 3.63. The zero-order valence-corrected chi connectivity index (χ0v) is 13.0. The Labute approximate surface area is 142 Å². The average Bonchev–Trinajstić information content (AvgIpc) is 3.29. The fraction of sp³-hybridized carbons (Fsp3) is 0.0588. The van der Waals surface area contributed by atoms with Gasteiger partial charge in [0.15, 0.2) is 0 Å². The standard InChI is InChI=1S/C17H13N3O.HNO3/c1-2-5-14-13(4-1)7-8-19-16(14)17(15-6-3-11-21-15)20-10-9-18-12-20;2-1(3)4/h1-12,17H;(H,2,3,4). The van der Waals surface area contributed by atoms with E-state index >= 15 is 0 Å². The van der Waals surface area contributed by atoms with Crippen LogP contribution < -0.4 is 0 Å². The summed E-state index contributed by atoms with van der Waals surface area (Å²) >= 11 is 0. The van der Waals surface area contributed by atoms with Crippen molar-refractivity contribution in [3.05, 3.63) is 95.2 Å². The van der Waals surface area contributed by atoms with Gasteiger partial charge in [0.25, 0.3) is 5.09 Å². The van der Waals surface area contributed by atoms with Gasteiger partial charge in [0.2, 0.25) is 0 Å². The van der Waals surface area contributed by atoms with Crippen LogP contribution in [-0.4, -0.2) is 24.8 Å². The SMILES string of the molecule is O=[N+]([O-])O.c1coc(C(c2nccc3ccccc23)n2ccnc2)c1. The molecule has 1 atom stereocenters. The van der Waals surface area contributed by atoms with Crippen LogP contribution in [0, 0.1) is 10.1 Å². The van der Waals surface area contributed by atoms with E-state index in [4.69, 9.17) is 19.7 Å². The number of hydrogen-bond acceptors (Lipinski definition) is 5. The lowest BCUT2D eigenvalue weighted by molar-refractivity contribution is -0.742. The Morgan fingerprint density at radius 2 is 1.96 bits per heavy atom. The van der Waals surface area contributed by atoms with E-state index in [9.17, 15) is 0 Å². The van der Waals surface area contributed by atoms with Crippen molar-refractivity contribution in [2.75, 3.05) is 0 Å². The molecule has 4 rings (SSSR count). The quantitative estimate of drug-likeness (QED) is 0.453. The molecule has 3 aromatic heterocycles. The molecule has 3 heterocycles. The topological polar surface area (TPSA) is 107 Å². The van der Waals surface area contributed by atoms with Crippen molar-refractivity contribution in [1.29, 1.82) is 0 Å². The van der Waals surface area contributed by atoms with Crippen molar-refractivity contribution < 1.29 is 14.7 Å². The number of aromatic nitrogens is 3. The predicted octanol–water partition coefficient (Wildman–Crippen LogP) is 3.31. The largest absolute Gasteiger partial charge is 0.467 e. The second kappa shape index (κ2) is 7.26. The maximum atomic E-state index is 8.36. The number of hydrogen-bond donors (Lipinski definition) is 1. The van der Waals surface area contributed by atoms with Crippen molar-refractivity contribution in [3.8, 4) is 0 Å². The second-order valence-electron chi connectivity index (χ2n) is 5.08. The van der Waals surface area contributed by atoms with Crippen LogP contribution in [0.5, 0.6) is 0 Å². The van der Waals surface area contributed by atoms with E-state index in [1.165, 1.54) is 5.39 Å². The maximum absolute atomic E-state index is 8.36. The Balaban J connectivity index is 0.000000415. The van der Waals surface area contributed by atoms with Gasteiger partial charge in [-0.3, -0.25) is 4.98 Å². The summed E-state index contributed by atoms with van der Waals surface area (Å²) in [5, 5.41) is 15.9. The Bertz CT molecular complexity index is 908. The molecule has 0 aliphatic heterocycles. The van der Waals surface area contributed by atoms with Crippen LogP contribution in [0.4, 0.5) is 0 Å². The number of rotatable bonds is 3. The zero-order valence-electron chi connectivity index (χ0n) is 13.0. The first-order valence-electron chi connectivity index (χ1n) is 7.34. The molecule has 1 unspecified atom stereocenters. The first kappa shape index (κ1) is 16.2. The van der Waals surface area contributed by atoms with E-state index in [0.717, 1.165) is 16.8 Å². The highest BCUT2D eigenvalue weighted by Gasteiger charge is 2.22. The summed E-state index contributed by atoms with van der Waals surface area (Å²) in [6.07, 6.45) is 9.00. The third-order valence-corrected chi connectivity index (χ3v) is 3.60. The van der Waals surface area contributed by atoms with Gasteiger partial charge in [-0.25, -0.2) is 4.98 Å². The predicted molar refractivity (Wildman–Crippen MR) is 88.7 cm³/mol. The number of benzene rings is 1. The highest BCUT2D eigenvalue weighted by Crippen LogP contribution is 2.30. The molecular weight excluding hydrogens is 324 g/mol. The minimum absolute atomic E-state index is 0.117. The van der Waals surface area contributed by atoms with E-state index in [-0.39, 0.29) is 6.04 Å². The summed E-state index contributed by atoms with van der Waals surface area (Å²) in [6.45, 7) is 0. The van der Waals surface area contributed by atoms with Crippen molar-refractivity contribution in [2.45, 2.75) is 6.04 Å². The van der Waals surface area contributed by atoms with Gasteiger partial charge >= 0.3 is 0 Å². The van der Waals surface area contributed by atoms with Crippen LogP contribution in [-0.2, 0) is 0 Å². The van der Waals surface area contributed by atoms with E-state index < -0.39 is 5.09 Å². The fourth-order valence-electron chi connectivity index (χ4n) is 2.65. The monoisotopic (exact) mass is 338 g/mol. The lowest BCUT2D eigenvalue weighted by Gasteiger charge is -2.17. The summed E-state index contributed by atoms with van der Waals surface area (Å²) in [5.74, 6) is 0.844. The number of fused-ring (bicyclic) bond motifs is 1. The molecule has 0 fully saturated rings. The molecule has 0 aliphatic rings. The molecule has 0 bridgehead atoms. The molecule has 25 heavy (non-hydrogen) atoms. The highest BCUT2D eigenvalue weighted by molar-refractivity contribution is 5.85. The lowest BCUT2D eigenvalue weighted by Crippen LogP contribution is -2.12. The summed E-state index contributed by atoms with van der Waals surface area (Å²) in [4.78, 5) is 17.1. The second-order valence-corrected chi connectivity index (χ2v) is 5.08. The van der Waals surface area contributed by atoms with Crippen LogP contribution in [0.1, 0.15) is 17.5 Å². The van der Waals surface area contributed by atoms with Crippen molar-refractivity contribution >= 4 is 10.8 Å². The van der Waals surface area contributed by atoms with Gasteiger partial charge in [-0.05, 0) is 23.6 Å². The van der Waals surface area contributed by atoms with Crippen LogP contribution >= 0.6 is 0 Å². The molecule has 1 N–H and O–H groups in total. The van der Waals surface area contributed by atoms with Gasteiger partial charge in [-0.15, -0.1) is 10.1 Å². The molecule has 0 saturated heterocycles. The Morgan fingerprint density at radius 3 is 2.64 bits per heavy atom. The van der Waals surface area contributed by atoms with Gasteiger partial charge in [0, 0.05) is 24.0 Å². The van der Waals surface area contributed by atoms with Crippen molar-refractivity contribution in [2.24, 2.45) is 0 Å². The molecule has 4 aromatic rings. The van der Waals surface area contributed by atoms with Crippen LogP contribution in [0.2, 0.25) is 0 Å². The highest BCUT2D eigenvalue weighted by atomic mass is 16.9. The average molecular weight is 338 g/mol. The molecule has 0 amide bonds. The van der Waals surface area contributed by atoms with Crippen LogP contribution in [0.3, 0.4) is 0 Å². The Kier molecular flexibility index (Phi) is 4.70. The zero-order chi connectivity index (χ0) is 17.6. The van der Waals surface area contributed by atoms with E-state index in [1.807, 2.05) is 47.3 Å². The minimum Gasteiger partial charge on any atom is -0.467 e. The molecule has 126 valence electrons. The van der Waals surface area contributed by atoms with Crippen LogP contribution in [0.25, 0.3) is 10.8 Å². The summed E-state index contributed by atoms with van der Waals surface area (Å²) in [6, 6.07) is 14.0. The smallest absolute Gasteiger partial charge is 0.291 e. The Morgan fingerprint density at radius 1 is 1.16 bits per heavy atom. The van der Waals surface area contributed by atoms with Crippen molar-refractivity contribution in [1.82, 2.24) is 14.5 Å². The molecular formula is C17H14N4O4. The number of nitrogens with zero attached hydrogens (tertiary/aromatic N) is 4. The van der Waals surface area contributed by atoms with Gasteiger partial charge < -0.3 is 14.2 Å². The number of imidazole rings is 1. The Hall–Kier alpha value is -3.68. The normalized spacial score (nSPS) is 11.5. The summed E-state index contributed by atoms with van der Waals surface area (Å²) in [5.41, 5.74) is 0.959. The third-order valence-electron chi connectivity index (χ3n) is 3.60. The van der Waals surface area contributed by atoms with E-state index in [1.54, 1.807) is 18.8 Å². The van der Waals surface area contributed by atoms with E-state index in [0.29, 0.717) is 0 Å². The van der Waals surface area contributed by atoms with Gasteiger partial charge in [-0.2, -0.15) is 0 Å². The summed E-state index contributed by atoms with van der Waals surface area (Å²) < 4.78 is 7.64. The maximum Gasteiger partial charge on any atom is 0.291 e. The molecule has 0 spiro atoms. The fourth-order valence-corrected chi connectivity index (χ4v) is 2.65. The number of pyridine rings is 1. The minimum atomic E-state index is -1.50. The summed E-state index contributed by atoms with van der Waals surface area (Å²) in [7, 11) is 0. The van der Waals surface area contributed by atoms with Crippen LogP contribution in [0.15, 0.2) is 78.1 Å². The molecule has 0 radical (unpaired) electrons. The van der Waals surface area contributed by atoms with Gasteiger partial charge in [-0.1, -0.05) is 24.3 Å². The molecule has 0 saturated carbocycles. The van der Waals surface area contributed by atoms with Gasteiger partial charge in [0.1, 0.15) is 11.8 Å².